The lowest BCUT2D eigenvalue weighted by Crippen LogP contribution is -2.05. The Labute approximate surface area is 81.3 Å². The highest BCUT2D eigenvalue weighted by molar-refractivity contribution is 5.88. The van der Waals surface area contributed by atoms with Gasteiger partial charge in [-0.2, -0.15) is 5.10 Å². The van der Waals surface area contributed by atoms with E-state index in [0.717, 1.165) is 12.8 Å². The lowest BCUT2D eigenvalue weighted by Gasteiger charge is -2.06. The first-order valence-electron chi connectivity index (χ1n) is 4.57. The molecule has 1 fully saturated rings. The number of hydrogen-bond donors (Lipinski definition) is 1. The van der Waals surface area contributed by atoms with Crippen LogP contribution in [0.1, 0.15) is 35.0 Å². The van der Waals surface area contributed by atoms with E-state index >= 15 is 0 Å². The molecule has 1 aliphatic heterocycles. The fourth-order valence-corrected chi connectivity index (χ4v) is 1.70. The molecule has 14 heavy (non-hydrogen) atoms. The zero-order valence-electron chi connectivity index (χ0n) is 7.93. The van der Waals surface area contributed by atoms with Gasteiger partial charge in [-0.15, -0.1) is 0 Å². The van der Waals surface area contributed by atoms with E-state index in [2.05, 4.69) is 5.10 Å². The van der Waals surface area contributed by atoms with Crippen molar-refractivity contribution in [1.29, 1.82) is 0 Å². The Bertz CT molecular complexity index is 353. The van der Waals surface area contributed by atoms with E-state index in [1.807, 2.05) is 0 Å². The van der Waals surface area contributed by atoms with Gasteiger partial charge in [-0.1, -0.05) is 0 Å². The standard InChI is InChI=1S/C9H12N2O3/c1-11-5-6(9(12)13)8(10-11)7-3-2-4-14-7/h5,7H,2-4H2,1H3,(H,12,13)/t7-/m1/s1. The molecule has 1 aromatic rings. The van der Waals surface area contributed by atoms with Gasteiger partial charge in [0.05, 0.1) is 0 Å². The Kier molecular flexibility index (Phi) is 2.25. The van der Waals surface area contributed by atoms with Crippen LogP contribution < -0.4 is 0 Å². The van der Waals surface area contributed by atoms with Gasteiger partial charge in [0, 0.05) is 19.9 Å². The molecule has 1 aliphatic rings. The van der Waals surface area contributed by atoms with Crippen LogP contribution >= 0.6 is 0 Å². The summed E-state index contributed by atoms with van der Waals surface area (Å²) in [5.74, 6) is -0.941. The van der Waals surface area contributed by atoms with Crippen molar-refractivity contribution in [3.63, 3.8) is 0 Å². The molecule has 0 amide bonds. The van der Waals surface area contributed by atoms with Crippen LogP contribution in [0.5, 0.6) is 0 Å². The van der Waals surface area contributed by atoms with E-state index in [9.17, 15) is 4.79 Å². The molecule has 0 aromatic carbocycles. The highest BCUT2D eigenvalue weighted by Gasteiger charge is 2.26. The second-order valence-electron chi connectivity index (χ2n) is 3.41. The Hall–Kier alpha value is -1.36. The van der Waals surface area contributed by atoms with Crippen molar-refractivity contribution in [2.24, 2.45) is 7.05 Å². The van der Waals surface area contributed by atoms with Crippen LogP contribution in [0.15, 0.2) is 6.20 Å². The van der Waals surface area contributed by atoms with Crippen molar-refractivity contribution in [2.45, 2.75) is 18.9 Å². The van der Waals surface area contributed by atoms with Crippen LogP contribution in [0.2, 0.25) is 0 Å². The minimum absolute atomic E-state index is 0.137. The number of hydrogen-bond acceptors (Lipinski definition) is 3. The fraction of sp³-hybridized carbons (Fsp3) is 0.556. The molecule has 1 N–H and O–H groups in total. The number of carboxylic acid groups (broad SMARTS) is 1. The number of nitrogens with zero attached hydrogens (tertiary/aromatic N) is 2. The molecule has 1 atom stereocenters. The van der Waals surface area contributed by atoms with Gasteiger partial charge < -0.3 is 9.84 Å². The Morgan fingerprint density at radius 2 is 2.57 bits per heavy atom. The molecule has 2 heterocycles. The summed E-state index contributed by atoms with van der Waals surface area (Å²) in [4.78, 5) is 10.9. The maximum atomic E-state index is 10.9. The Balaban J connectivity index is 2.35. The molecular formula is C9H12N2O3. The summed E-state index contributed by atoms with van der Waals surface area (Å²) < 4.78 is 6.92. The second kappa shape index (κ2) is 3.42. The maximum Gasteiger partial charge on any atom is 0.339 e. The Morgan fingerprint density at radius 1 is 1.79 bits per heavy atom. The van der Waals surface area contributed by atoms with Crippen LogP contribution in [0.4, 0.5) is 0 Å². The lowest BCUT2D eigenvalue weighted by molar-refractivity contribution is 0.0681. The van der Waals surface area contributed by atoms with Crippen LogP contribution in [-0.4, -0.2) is 27.5 Å². The second-order valence-corrected chi connectivity index (χ2v) is 3.41. The van der Waals surface area contributed by atoms with E-state index in [0.29, 0.717) is 12.3 Å². The fourth-order valence-electron chi connectivity index (χ4n) is 1.70. The maximum absolute atomic E-state index is 10.9. The minimum Gasteiger partial charge on any atom is -0.478 e. The number of aromatic nitrogens is 2. The number of ether oxygens (including phenoxy) is 1. The molecule has 0 radical (unpaired) electrons. The molecule has 5 nitrogen and oxygen atoms in total. The van der Waals surface area contributed by atoms with Crippen LogP contribution in [-0.2, 0) is 11.8 Å². The van der Waals surface area contributed by atoms with Gasteiger partial charge in [0.2, 0.25) is 0 Å². The van der Waals surface area contributed by atoms with Gasteiger partial charge in [0.1, 0.15) is 17.4 Å². The zero-order chi connectivity index (χ0) is 10.1. The highest BCUT2D eigenvalue weighted by Crippen LogP contribution is 2.29. The van der Waals surface area contributed by atoms with Gasteiger partial charge >= 0.3 is 5.97 Å². The largest absolute Gasteiger partial charge is 0.478 e. The molecule has 5 heteroatoms. The number of carboxylic acids is 1. The van der Waals surface area contributed by atoms with Gasteiger partial charge in [-0.3, -0.25) is 4.68 Å². The quantitative estimate of drug-likeness (QED) is 0.765. The van der Waals surface area contributed by atoms with E-state index < -0.39 is 5.97 Å². The predicted molar refractivity (Wildman–Crippen MR) is 48.1 cm³/mol. The number of rotatable bonds is 2. The third-order valence-corrected chi connectivity index (χ3v) is 2.32. The summed E-state index contributed by atoms with van der Waals surface area (Å²) in [6.07, 6.45) is 3.21. The molecule has 0 saturated carbocycles. The van der Waals surface area contributed by atoms with Crippen LogP contribution in [0.3, 0.4) is 0 Å². The number of aryl methyl sites for hydroxylation is 1. The Morgan fingerprint density at radius 3 is 3.14 bits per heavy atom. The average Bonchev–Trinajstić information content (AvgIpc) is 2.70. The first-order chi connectivity index (χ1) is 6.68. The van der Waals surface area contributed by atoms with Crippen molar-refractivity contribution in [2.75, 3.05) is 6.61 Å². The normalized spacial score (nSPS) is 21.4. The molecule has 0 bridgehead atoms. The predicted octanol–water partition coefficient (Wildman–Crippen LogP) is 0.970. The van der Waals surface area contributed by atoms with Crippen molar-refractivity contribution in [3.8, 4) is 0 Å². The van der Waals surface area contributed by atoms with Gasteiger partial charge in [0.25, 0.3) is 0 Å². The number of carbonyl (C=O) groups is 1. The first kappa shape index (κ1) is 9.21. The highest BCUT2D eigenvalue weighted by atomic mass is 16.5. The van der Waals surface area contributed by atoms with Crippen molar-refractivity contribution >= 4 is 5.97 Å². The van der Waals surface area contributed by atoms with Crippen molar-refractivity contribution in [1.82, 2.24) is 9.78 Å². The van der Waals surface area contributed by atoms with E-state index in [1.54, 1.807) is 7.05 Å². The van der Waals surface area contributed by atoms with Gasteiger partial charge in [0.15, 0.2) is 0 Å². The van der Waals surface area contributed by atoms with Crippen LogP contribution in [0.25, 0.3) is 0 Å². The monoisotopic (exact) mass is 196 g/mol. The van der Waals surface area contributed by atoms with Gasteiger partial charge in [-0.05, 0) is 12.8 Å². The number of aromatic carboxylic acids is 1. The topological polar surface area (TPSA) is 64.4 Å². The minimum atomic E-state index is -0.941. The molecule has 2 rings (SSSR count). The first-order valence-corrected chi connectivity index (χ1v) is 4.57. The third kappa shape index (κ3) is 1.50. The summed E-state index contributed by atoms with van der Waals surface area (Å²) >= 11 is 0. The van der Waals surface area contributed by atoms with Crippen LogP contribution in [0, 0.1) is 0 Å². The van der Waals surface area contributed by atoms with Crippen molar-refractivity contribution in [3.05, 3.63) is 17.5 Å². The summed E-state index contributed by atoms with van der Waals surface area (Å²) in [7, 11) is 1.71. The summed E-state index contributed by atoms with van der Waals surface area (Å²) in [5.41, 5.74) is 0.803. The molecule has 0 aliphatic carbocycles. The zero-order valence-corrected chi connectivity index (χ0v) is 7.93. The molecular weight excluding hydrogens is 184 g/mol. The molecule has 1 aromatic heterocycles. The van der Waals surface area contributed by atoms with E-state index in [-0.39, 0.29) is 11.7 Å². The lowest BCUT2D eigenvalue weighted by atomic mass is 10.1. The van der Waals surface area contributed by atoms with E-state index in [4.69, 9.17) is 9.84 Å². The van der Waals surface area contributed by atoms with Crippen molar-refractivity contribution < 1.29 is 14.6 Å². The molecule has 0 spiro atoms. The molecule has 76 valence electrons. The summed E-state index contributed by atoms with van der Waals surface area (Å²) in [6, 6.07) is 0. The van der Waals surface area contributed by atoms with E-state index in [1.165, 1.54) is 10.9 Å². The summed E-state index contributed by atoms with van der Waals surface area (Å²) in [6.45, 7) is 0.695. The van der Waals surface area contributed by atoms with Gasteiger partial charge in [-0.25, -0.2) is 4.79 Å². The third-order valence-electron chi connectivity index (χ3n) is 2.32. The summed E-state index contributed by atoms with van der Waals surface area (Å²) in [5, 5.41) is 13.1. The molecule has 1 saturated heterocycles. The average molecular weight is 196 g/mol. The smallest absolute Gasteiger partial charge is 0.339 e. The SMILES string of the molecule is Cn1cc(C(=O)O)c([C@H]2CCCO2)n1. The molecule has 0 unspecified atom stereocenters.